The van der Waals surface area contributed by atoms with E-state index >= 15 is 0 Å². The van der Waals surface area contributed by atoms with Gasteiger partial charge in [0.2, 0.25) is 0 Å². The summed E-state index contributed by atoms with van der Waals surface area (Å²) in [6.45, 7) is 1.95. The lowest BCUT2D eigenvalue weighted by Crippen LogP contribution is -2.21. The van der Waals surface area contributed by atoms with Crippen LogP contribution < -0.4 is 4.90 Å². The number of hydrogen-bond donors (Lipinski definition) is 0. The summed E-state index contributed by atoms with van der Waals surface area (Å²) in [5.74, 6) is 0.484. The average molecular weight is 332 g/mol. The highest BCUT2D eigenvalue weighted by molar-refractivity contribution is 6.10. The Balaban J connectivity index is 2.05. The van der Waals surface area contributed by atoms with Gasteiger partial charge in [-0.15, -0.1) is 0 Å². The van der Waals surface area contributed by atoms with Crippen molar-refractivity contribution in [2.24, 2.45) is 0 Å². The van der Waals surface area contributed by atoms with Crippen molar-refractivity contribution >= 4 is 22.6 Å². The first kappa shape index (κ1) is 15.6. The Morgan fingerprint density at radius 2 is 1.60 bits per heavy atom. The van der Waals surface area contributed by atoms with Crippen molar-refractivity contribution in [2.45, 2.75) is 12.8 Å². The summed E-state index contributed by atoms with van der Waals surface area (Å²) in [6, 6.07) is 18.1. The van der Waals surface area contributed by atoms with Crippen molar-refractivity contribution in [1.82, 2.24) is 4.98 Å². The zero-order valence-electron chi connectivity index (χ0n) is 14.2. The van der Waals surface area contributed by atoms with Crippen LogP contribution in [0, 0.1) is 0 Å². The molecule has 25 heavy (non-hydrogen) atoms. The van der Waals surface area contributed by atoms with Gasteiger partial charge < -0.3 is 9.64 Å². The molecule has 0 unspecified atom stereocenters. The first-order valence-electron chi connectivity index (χ1n) is 8.61. The Morgan fingerprint density at radius 3 is 2.28 bits per heavy atom. The monoisotopic (exact) mass is 332 g/mol. The van der Waals surface area contributed by atoms with Gasteiger partial charge in [0.15, 0.2) is 5.69 Å². The molecule has 4 rings (SSSR count). The topological polar surface area (TPSA) is 42.4 Å². The number of anilines is 1. The van der Waals surface area contributed by atoms with Crippen LogP contribution in [0.15, 0.2) is 54.6 Å². The van der Waals surface area contributed by atoms with Gasteiger partial charge in [-0.1, -0.05) is 54.6 Å². The summed E-state index contributed by atoms with van der Waals surface area (Å²) in [4.78, 5) is 19.6. The number of nitrogens with zero attached hydrogens (tertiary/aromatic N) is 2. The van der Waals surface area contributed by atoms with Crippen LogP contribution in [-0.2, 0) is 4.74 Å². The number of carbonyl (C=O) groups excluding carboxylic acids is 1. The van der Waals surface area contributed by atoms with Crippen molar-refractivity contribution in [3.63, 3.8) is 0 Å². The molecule has 2 aromatic carbocycles. The molecule has 126 valence electrons. The second kappa shape index (κ2) is 6.55. The van der Waals surface area contributed by atoms with Gasteiger partial charge in [0.05, 0.1) is 7.11 Å². The molecule has 2 heterocycles. The third-order valence-corrected chi connectivity index (χ3v) is 4.74. The highest BCUT2D eigenvalue weighted by atomic mass is 16.5. The molecule has 4 heteroatoms. The molecule has 1 saturated heterocycles. The lowest BCUT2D eigenvalue weighted by molar-refractivity contribution is 0.0595. The van der Waals surface area contributed by atoms with Crippen LogP contribution in [-0.4, -0.2) is 31.2 Å². The van der Waals surface area contributed by atoms with Crippen LogP contribution in [0.5, 0.6) is 0 Å². The molecule has 0 spiro atoms. The number of esters is 1. The molecule has 1 aliphatic heterocycles. The van der Waals surface area contributed by atoms with Gasteiger partial charge in [-0.2, -0.15) is 0 Å². The molecular weight excluding hydrogens is 312 g/mol. The number of fused-ring (bicyclic) bond motifs is 1. The Hall–Kier alpha value is -2.88. The molecule has 0 bridgehead atoms. The Labute approximate surface area is 147 Å². The Kier molecular flexibility index (Phi) is 4.10. The maximum atomic E-state index is 12.5. The fourth-order valence-electron chi connectivity index (χ4n) is 3.56. The summed E-state index contributed by atoms with van der Waals surface area (Å²) in [5, 5.41) is 2.11. The highest BCUT2D eigenvalue weighted by Crippen LogP contribution is 2.37. The molecule has 4 nitrogen and oxygen atoms in total. The van der Waals surface area contributed by atoms with E-state index in [4.69, 9.17) is 9.72 Å². The van der Waals surface area contributed by atoms with Gasteiger partial charge in [0, 0.05) is 24.0 Å². The second-order valence-corrected chi connectivity index (χ2v) is 6.26. The van der Waals surface area contributed by atoms with Gasteiger partial charge in [-0.05, 0) is 23.8 Å². The summed E-state index contributed by atoms with van der Waals surface area (Å²) in [7, 11) is 1.41. The maximum absolute atomic E-state index is 12.5. The van der Waals surface area contributed by atoms with Gasteiger partial charge in [0.25, 0.3) is 0 Å². The van der Waals surface area contributed by atoms with E-state index in [-0.39, 0.29) is 0 Å². The van der Waals surface area contributed by atoms with Crippen molar-refractivity contribution in [2.75, 3.05) is 25.1 Å². The molecule has 0 amide bonds. The fraction of sp³-hybridized carbons (Fsp3) is 0.238. The third kappa shape index (κ3) is 2.74. The third-order valence-electron chi connectivity index (χ3n) is 4.74. The number of methoxy groups -OCH3 is 1. The second-order valence-electron chi connectivity index (χ2n) is 6.26. The number of rotatable bonds is 3. The van der Waals surface area contributed by atoms with E-state index < -0.39 is 5.97 Å². The van der Waals surface area contributed by atoms with E-state index in [1.807, 2.05) is 42.5 Å². The van der Waals surface area contributed by atoms with E-state index in [1.165, 1.54) is 7.11 Å². The molecule has 0 N–H and O–H groups in total. The number of ether oxygens (including phenoxy) is 1. The first-order chi connectivity index (χ1) is 12.3. The Morgan fingerprint density at radius 1 is 0.960 bits per heavy atom. The van der Waals surface area contributed by atoms with Gasteiger partial charge >= 0.3 is 5.97 Å². The molecule has 1 fully saturated rings. The molecule has 0 atom stereocenters. The first-order valence-corrected chi connectivity index (χ1v) is 8.61. The van der Waals surface area contributed by atoms with Crippen LogP contribution in [0.1, 0.15) is 23.3 Å². The van der Waals surface area contributed by atoms with Crippen LogP contribution in [0.25, 0.3) is 21.9 Å². The van der Waals surface area contributed by atoms with Gasteiger partial charge in [-0.25, -0.2) is 9.78 Å². The minimum Gasteiger partial charge on any atom is -0.464 e. The smallest absolute Gasteiger partial charge is 0.357 e. The van der Waals surface area contributed by atoms with E-state index in [9.17, 15) is 4.79 Å². The zero-order valence-corrected chi connectivity index (χ0v) is 14.2. The summed E-state index contributed by atoms with van der Waals surface area (Å²) < 4.78 is 5.05. The highest BCUT2D eigenvalue weighted by Gasteiger charge is 2.24. The quantitative estimate of drug-likeness (QED) is 0.671. The predicted molar refractivity (Wildman–Crippen MR) is 100.0 cm³/mol. The minimum atomic E-state index is -0.398. The fourth-order valence-corrected chi connectivity index (χ4v) is 3.56. The summed E-state index contributed by atoms with van der Waals surface area (Å²) in [5.41, 5.74) is 2.19. The van der Waals surface area contributed by atoms with Crippen LogP contribution in [0.3, 0.4) is 0 Å². The molecule has 0 radical (unpaired) electrons. The molecular formula is C21H20N2O2. The molecule has 0 aliphatic carbocycles. The largest absolute Gasteiger partial charge is 0.464 e. The molecule has 3 aromatic rings. The van der Waals surface area contributed by atoms with Crippen molar-refractivity contribution < 1.29 is 9.53 Å². The van der Waals surface area contributed by atoms with E-state index in [2.05, 4.69) is 17.0 Å². The zero-order chi connectivity index (χ0) is 17.2. The normalized spacial score (nSPS) is 14.0. The lowest BCUT2D eigenvalue weighted by Gasteiger charge is -2.21. The van der Waals surface area contributed by atoms with E-state index in [0.717, 1.165) is 53.6 Å². The predicted octanol–water partition coefficient (Wildman–Crippen LogP) is 4.29. The summed E-state index contributed by atoms with van der Waals surface area (Å²) in [6.07, 6.45) is 2.31. The van der Waals surface area contributed by atoms with Crippen LogP contribution in [0.2, 0.25) is 0 Å². The number of pyridine rings is 1. The number of benzene rings is 2. The minimum absolute atomic E-state index is 0.384. The average Bonchev–Trinajstić information content (AvgIpc) is 3.21. The number of hydrogen-bond acceptors (Lipinski definition) is 4. The van der Waals surface area contributed by atoms with E-state index in [0.29, 0.717) is 5.69 Å². The van der Waals surface area contributed by atoms with Crippen molar-refractivity contribution in [3.8, 4) is 11.1 Å². The molecule has 1 aromatic heterocycles. The number of aromatic nitrogens is 1. The van der Waals surface area contributed by atoms with Crippen LogP contribution in [0.4, 0.5) is 5.82 Å². The number of carbonyl (C=O) groups is 1. The van der Waals surface area contributed by atoms with E-state index in [1.54, 1.807) is 0 Å². The van der Waals surface area contributed by atoms with Crippen molar-refractivity contribution in [3.05, 3.63) is 60.3 Å². The lowest BCUT2D eigenvalue weighted by atomic mass is 9.96. The van der Waals surface area contributed by atoms with Crippen LogP contribution >= 0.6 is 0 Å². The molecule has 0 saturated carbocycles. The summed E-state index contributed by atoms with van der Waals surface area (Å²) >= 11 is 0. The Bertz CT molecular complexity index is 916. The SMILES string of the molecule is COC(=O)c1nc(N2CCCC2)c2ccccc2c1-c1ccccc1. The maximum Gasteiger partial charge on any atom is 0.357 e. The molecule has 1 aliphatic rings. The van der Waals surface area contributed by atoms with Gasteiger partial charge in [0.1, 0.15) is 5.82 Å². The van der Waals surface area contributed by atoms with Crippen molar-refractivity contribution in [1.29, 1.82) is 0 Å². The standard InChI is InChI=1S/C21H20N2O2/c1-25-21(24)19-18(15-9-3-2-4-10-15)16-11-5-6-12-17(16)20(22-19)23-13-7-8-14-23/h2-6,9-12H,7-8,13-14H2,1H3. The van der Waals surface area contributed by atoms with Gasteiger partial charge in [-0.3, -0.25) is 0 Å².